The molecule has 0 bridgehead atoms. The number of aromatic carboxylic acids is 1. The van der Waals surface area contributed by atoms with Crippen LogP contribution in [0.5, 0.6) is 0 Å². The van der Waals surface area contributed by atoms with Crippen molar-refractivity contribution in [3.8, 4) is 0 Å². The number of carboxylic acids is 1. The van der Waals surface area contributed by atoms with Crippen LogP contribution in [0, 0.1) is 5.41 Å². The fourth-order valence-electron chi connectivity index (χ4n) is 2.35. The Bertz CT molecular complexity index is 461. The fourth-order valence-corrected chi connectivity index (χ4v) is 3.14. The standard InChI is InChI=1S/C13H17NO3S/c1-13(6-2-3-7-13)12(17)14-8-9-4-5-10(18-9)11(15)16/h4-5H,2-3,6-8H2,1H3,(H,14,17)(H,15,16). The lowest BCUT2D eigenvalue weighted by Gasteiger charge is -2.21. The highest BCUT2D eigenvalue weighted by Gasteiger charge is 2.35. The minimum atomic E-state index is -0.916. The van der Waals surface area contributed by atoms with Gasteiger partial charge in [-0.2, -0.15) is 0 Å². The summed E-state index contributed by atoms with van der Waals surface area (Å²) in [5.41, 5.74) is -0.229. The predicted molar refractivity (Wildman–Crippen MR) is 69.7 cm³/mol. The van der Waals surface area contributed by atoms with E-state index in [1.165, 1.54) is 11.3 Å². The Morgan fingerprint density at radius 1 is 1.39 bits per heavy atom. The third kappa shape index (κ3) is 2.72. The average molecular weight is 267 g/mol. The molecule has 1 amide bonds. The van der Waals surface area contributed by atoms with Crippen LogP contribution in [0.2, 0.25) is 0 Å². The first kappa shape index (κ1) is 13.1. The highest BCUT2D eigenvalue weighted by Crippen LogP contribution is 2.37. The molecule has 0 atom stereocenters. The van der Waals surface area contributed by atoms with Crippen molar-refractivity contribution in [1.82, 2.24) is 5.32 Å². The van der Waals surface area contributed by atoms with Crippen LogP contribution in [-0.2, 0) is 11.3 Å². The average Bonchev–Trinajstić information content (AvgIpc) is 2.95. The molecule has 1 aromatic rings. The smallest absolute Gasteiger partial charge is 0.345 e. The normalized spacial score (nSPS) is 17.6. The van der Waals surface area contributed by atoms with Crippen LogP contribution >= 0.6 is 11.3 Å². The number of amides is 1. The molecule has 2 N–H and O–H groups in total. The summed E-state index contributed by atoms with van der Waals surface area (Å²) in [6.45, 7) is 2.43. The van der Waals surface area contributed by atoms with E-state index in [1.54, 1.807) is 12.1 Å². The summed E-state index contributed by atoms with van der Waals surface area (Å²) in [7, 11) is 0. The van der Waals surface area contributed by atoms with Crippen molar-refractivity contribution in [2.45, 2.75) is 39.2 Å². The van der Waals surface area contributed by atoms with Crippen molar-refractivity contribution in [3.05, 3.63) is 21.9 Å². The van der Waals surface area contributed by atoms with E-state index in [-0.39, 0.29) is 11.3 Å². The lowest BCUT2D eigenvalue weighted by Crippen LogP contribution is -2.36. The monoisotopic (exact) mass is 267 g/mol. The van der Waals surface area contributed by atoms with E-state index in [0.29, 0.717) is 11.4 Å². The van der Waals surface area contributed by atoms with Crippen LogP contribution in [0.3, 0.4) is 0 Å². The molecule has 0 unspecified atom stereocenters. The van der Waals surface area contributed by atoms with Crippen LogP contribution in [0.15, 0.2) is 12.1 Å². The Balaban J connectivity index is 1.90. The molecule has 1 aromatic heterocycles. The van der Waals surface area contributed by atoms with E-state index in [0.717, 1.165) is 30.6 Å². The minimum absolute atomic E-state index is 0.0882. The number of hydrogen-bond acceptors (Lipinski definition) is 3. The van der Waals surface area contributed by atoms with Gasteiger partial charge in [-0.25, -0.2) is 4.79 Å². The number of carbonyl (C=O) groups is 2. The Labute approximate surface area is 110 Å². The molecule has 1 aliphatic carbocycles. The van der Waals surface area contributed by atoms with Crippen LogP contribution in [0.1, 0.15) is 47.2 Å². The number of rotatable bonds is 4. The second kappa shape index (κ2) is 5.10. The van der Waals surface area contributed by atoms with Crippen LogP contribution < -0.4 is 5.32 Å². The Hall–Kier alpha value is -1.36. The molecular weight excluding hydrogens is 250 g/mol. The van der Waals surface area contributed by atoms with E-state index < -0.39 is 5.97 Å². The first-order valence-corrected chi connectivity index (χ1v) is 6.93. The number of thiophene rings is 1. The van der Waals surface area contributed by atoms with Gasteiger partial charge < -0.3 is 10.4 Å². The van der Waals surface area contributed by atoms with Gasteiger partial charge in [0, 0.05) is 10.3 Å². The number of carbonyl (C=O) groups excluding carboxylic acids is 1. The van der Waals surface area contributed by atoms with Crippen LogP contribution in [0.25, 0.3) is 0 Å². The van der Waals surface area contributed by atoms with Gasteiger partial charge in [0.15, 0.2) is 0 Å². The quantitative estimate of drug-likeness (QED) is 0.881. The van der Waals surface area contributed by atoms with Gasteiger partial charge in [0.2, 0.25) is 5.91 Å². The molecule has 0 spiro atoms. The molecule has 0 aromatic carbocycles. The number of carboxylic acid groups (broad SMARTS) is 1. The summed E-state index contributed by atoms with van der Waals surface area (Å²) in [4.78, 5) is 24.0. The summed E-state index contributed by atoms with van der Waals surface area (Å²) >= 11 is 1.21. The van der Waals surface area contributed by atoms with E-state index >= 15 is 0 Å². The zero-order chi connectivity index (χ0) is 13.2. The molecular formula is C13H17NO3S. The molecule has 5 heteroatoms. The molecule has 0 aliphatic heterocycles. The summed E-state index contributed by atoms with van der Waals surface area (Å²) in [6.07, 6.45) is 4.13. The maximum Gasteiger partial charge on any atom is 0.345 e. The van der Waals surface area contributed by atoms with Crippen molar-refractivity contribution in [2.75, 3.05) is 0 Å². The summed E-state index contributed by atoms with van der Waals surface area (Å²) in [5, 5.41) is 11.7. The number of nitrogens with one attached hydrogen (secondary N) is 1. The Morgan fingerprint density at radius 2 is 2.06 bits per heavy atom. The molecule has 1 fully saturated rings. The van der Waals surface area contributed by atoms with Gasteiger partial charge in [0.1, 0.15) is 4.88 Å². The van der Waals surface area contributed by atoms with Crippen LogP contribution in [-0.4, -0.2) is 17.0 Å². The van der Waals surface area contributed by atoms with Crippen molar-refractivity contribution in [1.29, 1.82) is 0 Å². The fraction of sp³-hybridized carbons (Fsp3) is 0.538. The van der Waals surface area contributed by atoms with E-state index in [2.05, 4.69) is 5.32 Å². The molecule has 0 saturated heterocycles. The topological polar surface area (TPSA) is 66.4 Å². The zero-order valence-corrected chi connectivity index (χ0v) is 11.2. The molecule has 18 heavy (non-hydrogen) atoms. The lowest BCUT2D eigenvalue weighted by molar-refractivity contribution is -0.130. The molecule has 2 rings (SSSR count). The maximum absolute atomic E-state index is 12.1. The molecule has 0 radical (unpaired) electrons. The molecule has 1 aliphatic rings. The van der Waals surface area contributed by atoms with E-state index in [4.69, 9.17) is 5.11 Å². The maximum atomic E-state index is 12.1. The third-order valence-corrected chi connectivity index (χ3v) is 4.62. The summed E-state index contributed by atoms with van der Waals surface area (Å²) in [6, 6.07) is 3.33. The van der Waals surface area contributed by atoms with Gasteiger partial charge in [-0.05, 0) is 25.0 Å². The van der Waals surface area contributed by atoms with Crippen LogP contribution in [0.4, 0.5) is 0 Å². The van der Waals surface area contributed by atoms with Crippen molar-refractivity contribution in [3.63, 3.8) is 0 Å². The van der Waals surface area contributed by atoms with Gasteiger partial charge in [0.05, 0.1) is 6.54 Å². The predicted octanol–water partition coefficient (Wildman–Crippen LogP) is 2.64. The van der Waals surface area contributed by atoms with Gasteiger partial charge in [-0.3, -0.25) is 4.79 Å². The number of hydrogen-bond donors (Lipinski definition) is 2. The van der Waals surface area contributed by atoms with E-state index in [1.807, 2.05) is 6.92 Å². The Morgan fingerprint density at radius 3 is 2.61 bits per heavy atom. The van der Waals surface area contributed by atoms with Gasteiger partial charge in [-0.15, -0.1) is 11.3 Å². The van der Waals surface area contributed by atoms with Gasteiger partial charge >= 0.3 is 5.97 Å². The van der Waals surface area contributed by atoms with Crippen molar-refractivity contribution in [2.24, 2.45) is 5.41 Å². The second-order valence-corrected chi connectivity index (χ2v) is 6.19. The second-order valence-electron chi connectivity index (χ2n) is 5.02. The van der Waals surface area contributed by atoms with Crippen molar-refractivity contribution < 1.29 is 14.7 Å². The molecule has 98 valence electrons. The first-order valence-electron chi connectivity index (χ1n) is 6.12. The van der Waals surface area contributed by atoms with Gasteiger partial charge in [-0.1, -0.05) is 19.8 Å². The zero-order valence-electron chi connectivity index (χ0n) is 10.4. The van der Waals surface area contributed by atoms with Gasteiger partial charge in [0.25, 0.3) is 0 Å². The lowest BCUT2D eigenvalue weighted by atomic mass is 9.88. The first-order chi connectivity index (χ1) is 8.51. The van der Waals surface area contributed by atoms with Crippen molar-refractivity contribution >= 4 is 23.2 Å². The molecule has 4 nitrogen and oxygen atoms in total. The third-order valence-electron chi connectivity index (χ3n) is 3.55. The SMILES string of the molecule is CC1(C(=O)NCc2ccc(C(=O)O)s2)CCCC1. The molecule has 1 saturated carbocycles. The largest absolute Gasteiger partial charge is 0.477 e. The summed E-state index contributed by atoms with van der Waals surface area (Å²) in [5.74, 6) is -0.828. The highest BCUT2D eigenvalue weighted by atomic mass is 32.1. The molecule has 1 heterocycles. The Kier molecular flexibility index (Phi) is 3.71. The summed E-state index contributed by atoms with van der Waals surface area (Å²) < 4.78 is 0. The van der Waals surface area contributed by atoms with E-state index in [9.17, 15) is 9.59 Å². The minimum Gasteiger partial charge on any atom is -0.477 e. The highest BCUT2D eigenvalue weighted by molar-refractivity contribution is 7.13.